The molecule has 0 spiro atoms. The van der Waals surface area contributed by atoms with Gasteiger partial charge >= 0.3 is 0 Å². The number of hydrogen-bond acceptors (Lipinski definition) is 6. The Morgan fingerprint density at radius 1 is 0.857 bits per heavy atom. The summed E-state index contributed by atoms with van der Waals surface area (Å²) in [6.45, 7) is 6.71. The topological polar surface area (TPSA) is 96.9 Å². The molecule has 2 rings (SSSR count). The Bertz CT molecular complexity index is 836. The van der Waals surface area contributed by atoms with Gasteiger partial charge in [0.05, 0.1) is 31.3 Å². The highest BCUT2D eigenvalue weighted by Gasteiger charge is 2.16. The molecule has 2 aromatic rings. The first-order chi connectivity index (χ1) is 13.3. The lowest BCUT2D eigenvalue weighted by Gasteiger charge is -2.13. The number of hydrogen-bond donors (Lipinski definition) is 1. The molecule has 0 fully saturated rings. The fourth-order valence-electron chi connectivity index (χ4n) is 2.87. The standard InChI is InChI=1S/C21H28N2O5/c1-14-10-16(3)19(12-17(14)22)27-8-6-5-7-9-28-21-13-18(23(24)25)15(2)11-20(21)26-4/h10-13H,5-9,22H2,1-4H3. The van der Waals surface area contributed by atoms with Gasteiger partial charge < -0.3 is 19.9 Å². The molecule has 0 aliphatic carbocycles. The van der Waals surface area contributed by atoms with E-state index in [-0.39, 0.29) is 5.69 Å². The maximum atomic E-state index is 11.1. The Hall–Kier alpha value is -2.96. The molecule has 0 aromatic heterocycles. The molecule has 0 saturated heterocycles. The van der Waals surface area contributed by atoms with E-state index in [1.807, 2.05) is 26.0 Å². The predicted octanol–water partition coefficient (Wildman–Crippen LogP) is 4.74. The number of nitro benzene ring substituents is 1. The second kappa shape index (κ2) is 9.82. The van der Waals surface area contributed by atoms with Gasteiger partial charge in [-0.05, 0) is 57.2 Å². The van der Waals surface area contributed by atoms with E-state index in [0.29, 0.717) is 30.3 Å². The summed E-state index contributed by atoms with van der Waals surface area (Å²) in [5.74, 6) is 1.71. The molecule has 0 aliphatic heterocycles. The van der Waals surface area contributed by atoms with Crippen LogP contribution < -0.4 is 19.9 Å². The van der Waals surface area contributed by atoms with Crippen LogP contribution >= 0.6 is 0 Å². The Morgan fingerprint density at radius 3 is 2.11 bits per heavy atom. The van der Waals surface area contributed by atoms with Gasteiger partial charge in [-0.2, -0.15) is 0 Å². The summed E-state index contributed by atoms with van der Waals surface area (Å²) in [5, 5.41) is 11.1. The molecule has 2 aromatic carbocycles. The lowest BCUT2D eigenvalue weighted by Crippen LogP contribution is -2.04. The fraction of sp³-hybridized carbons (Fsp3) is 0.429. The van der Waals surface area contributed by atoms with E-state index >= 15 is 0 Å². The zero-order valence-corrected chi connectivity index (χ0v) is 16.9. The Kier molecular flexibility index (Phi) is 7.49. The fourth-order valence-corrected chi connectivity index (χ4v) is 2.87. The van der Waals surface area contributed by atoms with Crippen molar-refractivity contribution in [2.75, 3.05) is 26.1 Å². The smallest absolute Gasteiger partial charge is 0.276 e. The number of nitro groups is 1. The third-order valence-electron chi connectivity index (χ3n) is 4.55. The summed E-state index contributed by atoms with van der Waals surface area (Å²) < 4.78 is 16.8. The van der Waals surface area contributed by atoms with Crippen LogP contribution in [0.15, 0.2) is 24.3 Å². The molecule has 152 valence electrons. The third kappa shape index (κ3) is 5.52. The predicted molar refractivity (Wildman–Crippen MR) is 110 cm³/mol. The summed E-state index contributed by atoms with van der Waals surface area (Å²) in [5.41, 5.74) is 9.35. The van der Waals surface area contributed by atoms with Crippen molar-refractivity contribution in [1.82, 2.24) is 0 Å². The van der Waals surface area contributed by atoms with Crippen molar-refractivity contribution in [3.63, 3.8) is 0 Å². The second-order valence-electron chi connectivity index (χ2n) is 6.78. The number of nitrogens with two attached hydrogens (primary N) is 1. The zero-order valence-electron chi connectivity index (χ0n) is 16.9. The van der Waals surface area contributed by atoms with Gasteiger partial charge in [0, 0.05) is 17.3 Å². The molecule has 28 heavy (non-hydrogen) atoms. The van der Waals surface area contributed by atoms with Gasteiger partial charge in [-0.15, -0.1) is 0 Å². The quantitative estimate of drug-likeness (QED) is 0.273. The van der Waals surface area contributed by atoms with Gasteiger partial charge in [0.15, 0.2) is 11.5 Å². The average Bonchev–Trinajstić information content (AvgIpc) is 2.65. The van der Waals surface area contributed by atoms with E-state index in [4.69, 9.17) is 19.9 Å². The van der Waals surface area contributed by atoms with Gasteiger partial charge in [0.25, 0.3) is 5.69 Å². The van der Waals surface area contributed by atoms with E-state index in [0.717, 1.165) is 41.8 Å². The number of ether oxygens (including phenoxy) is 3. The monoisotopic (exact) mass is 388 g/mol. The van der Waals surface area contributed by atoms with Crippen molar-refractivity contribution in [3.8, 4) is 17.2 Å². The van der Waals surface area contributed by atoms with Crippen LogP contribution in [0.2, 0.25) is 0 Å². The molecule has 0 unspecified atom stereocenters. The first-order valence-electron chi connectivity index (χ1n) is 9.28. The molecule has 0 aliphatic rings. The molecule has 7 heteroatoms. The minimum absolute atomic E-state index is 0.0249. The Labute approximate surface area is 165 Å². The summed E-state index contributed by atoms with van der Waals surface area (Å²) >= 11 is 0. The first kappa shape index (κ1) is 21.3. The van der Waals surface area contributed by atoms with Crippen LogP contribution in [0.1, 0.15) is 36.0 Å². The minimum Gasteiger partial charge on any atom is -0.493 e. The average molecular weight is 388 g/mol. The van der Waals surface area contributed by atoms with Crippen LogP contribution in [-0.4, -0.2) is 25.2 Å². The molecule has 2 N–H and O–H groups in total. The van der Waals surface area contributed by atoms with Crippen molar-refractivity contribution in [2.24, 2.45) is 0 Å². The Morgan fingerprint density at radius 2 is 1.50 bits per heavy atom. The molecule has 0 atom stereocenters. The number of nitrogen functional groups attached to an aromatic ring is 1. The first-order valence-corrected chi connectivity index (χ1v) is 9.28. The number of methoxy groups -OCH3 is 1. The van der Waals surface area contributed by atoms with Crippen LogP contribution in [0, 0.1) is 30.9 Å². The molecular weight excluding hydrogens is 360 g/mol. The van der Waals surface area contributed by atoms with Gasteiger partial charge in [-0.1, -0.05) is 6.07 Å². The SMILES string of the molecule is COc1cc(C)c([N+](=O)[O-])cc1OCCCCCOc1cc(N)c(C)cc1C. The highest BCUT2D eigenvalue weighted by Crippen LogP contribution is 2.34. The van der Waals surface area contributed by atoms with Crippen LogP contribution in [0.5, 0.6) is 17.2 Å². The van der Waals surface area contributed by atoms with E-state index in [1.165, 1.54) is 13.2 Å². The van der Waals surface area contributed by atoms with Crippen LogP contribution in [0.25, 0.3) is 0 Å². The third-order valence-corrected chi connectivity index (χ3v) is 4.55. The van der Waals surface area contributed by atoms with Gasteiger partial charge in [-0.3, -0.25) is 10.1 Å². The van der Waals surface area contributed by atoms with Crippen molar-refractivity contribution >= 4 is 11.4 Å². The number of benzene rings is 2. The number of rotatable bonds is 10. The lowest BCUT2D eigenvalue weighted by atomic mass is 10.1. The van der Waals surface area contributed by atoms with Crippen LogP contribution in [0.3, 0.4) is 0 Å². The van der Waals surface area contributed by atoms with Crippen molar-refractivity contribution in [1.29, 1.82) is 0 Å². The molecular formula is C21H28N2O5. The highest BCUT2D eigenvalue weighted by atomic mass is 16.6. The maximum Gasteiger partial charge on any atom is 0.276 e. The number of aryl methyl sites for hydroxylation is 3. The van der Waals surface area contributed by atoms with Crippen LogP contribution in [-0.2, 0) is 0 Å². The molecule has 0 heterocycles. The normalized spacial score (nSPS) is 10.6. The van der Waals surface area contributed by atoms with Gasteiger partial charge in [-0.25, -0.2) is 0 Å². The zero-order chi connectivity index (χ0) is 20.7. The van der Waals surface area contributed by atoms with Gasteiger partial charge in [0.2, 0.25) is 0 Å². The second-order valence-corrected chi connectivity index (χ2v) is 6.78. The molecule has 0 amide bonds. The van der Waals surface area contributed by atoms with Crippen molar-refractivity contribution < 1.29 is 19.1 Å². The van der Waals surface area contributed by atoms with E-state index in [1.54, 1.807) is 13.0 Å². The maximum absolute atomic E-state index is 11.1. The highest BCUT2D eigenvalue weighted by molar-refractivity contribution is 5.54. The summed E-state index contributed by atoms with van der Waals surface area (Å²) in [6.07, 6.45) is 2.60. The van der Waals surface area contributed by atoms with E-state index in [2.05, 4.69) is 0 Å². The summed E-state index contributed by atoms with van der Waals surface area (Å²) in [7, 11) is 1.52. The molecule has 7 nitrogen and oxygen atoms in total. The number of anilines is 1. The summed E-state index contributed by atoms with van der Waals surface area (Å²) in [6, 6.07) is 6.93. The lowest BCUT2D eigenvalue weighted by molar-refractivity contribution is -0.385. The molecule has 0 bridgehead atoms. The van der Waals surface area contributed by atoms with Crippen molar-refractivity contribution in [2.45, 2.75) is 40.0 Å². The molecule has 0 saturated carbocycles. The Balaban J connectivity index is 1.77. The summed E-state index contributed by atoms with van der Waals surface area (Å²) in [4.78, 5) is 10.7. The van der Waals surface area contributed by atoms with Crippen LogP contribution in [0.4, 0.5) is 11.4 Å². The molecule has 0 radical (unpaired) electrons. The van der Waals surface area contributed by atoms with Gasteiger partial charge in [0.1, 0.15) is 5.75 Å². The minimum atomic E-state index is -0.418. The number of nitrogens with zero attached hydrogens (tertiary/aromatic N) is 1. The van der Waals surface area contributed by atoms with E-state index < -0.39 is 4.92 Å². The largest absolute Gasteiger partial charge is 0.493 e. The van der Waals surface area contributed by atoms with E-state index in [9.17, 15) is 10.1 Å². The number of unbranched alkanes of at least 4 members (excludes halogenated alkanes) is 2. The van der Waals surface area contributed by atoms with Crippen molar-refractivity contribution in [3.05, 3.63) is 51.1 Å².